The monoisotopic (exact) mass is 401 g/mol. The van der Waals surface area contributed by atoms with Crippen LogP contribution in [0.3, 0.4) is 0 Å². The molecule has 0 heterocycles. The van der Waals surface area contributed by atoms with E-state index in [9.17, 15) is 18.0 Å². The Balaban J connectivity index is 1.74. The van der Waals surface area contributed by atoms with Crippen LogP contribution in [0, 0.1) is 6.92 Å². The molecule has 0 aromatic heterocycles. The first-order chi connectivity index (χ1) is 13.3. The highest BCUT2D eigenvalue weighted by Gasteiger charge is 2.28. The molecule has 3 N–H and O–H groups in total. The molecule has 1 saturated carbocycles. The molecule has 0 saturated heterocycles. The van der Waals surface area contributed by atoms with Crippen LogP contribution in [0.5, 0.6) is 0 Å². The molecule has 2 aromatic rings. The van der Waals surface area contributed by atoms with Crippen molar-refractivity contribution < 1.29 is 18.0 Å². The predicted octanol–water partition coefficient (Wildman–Crippen LogP) is 1.73. The molecule has 0 radical (unpaired) electrons. The van der Waals surface area contributed by atoms with E-state index in [2.05, 4.69) is 15.4 Å². The number of nitrogens with one attached hydrogen (secondary N) is 3. The van der Waals surface area contributed by atoms with Crippen LogP contribution in [0.1, 0.15) is 44.7 Å². The van der Waals surface area contributed by atoms with E-state index in [0.717, 1.165) is 18.4 Å². The average Bonchev–Trinajstić information content (AvgIpc) is 3.49. The molecule has 1 fully saturated rings. The lowest BCUT2D eigenvalue weighted by Crippen LogP contribution is -2.27. The number of carbonyl (C=O) groups excluding carboxylic acids is 2. The first-order valence-corrected chi connectivity index (χ1v) is 10.5. The quantitative estimate of drug-likeness (QED) is 0.657. The minimum absolute atomic E-state index is 0.00354. The summed E-state index contributed by atoms with van der Waals surface area (Å²) in [6.45, 7) is 1.98. The van der Waals surface area contributed by atoms with Gasteiger partial charge in [-0.2, -0.15) is 0 Å². The molecule has 0 unspecified atom stereocenters. The van der Waals surface area contributed by atoms with Crippen LogP contribution in [0.15, 0.2) is 47.4 Å². The Labute approximate surface area is 164 Å². The molecular formula is C20H23N3O4S. The number of amides is 2. The second kappa shape index (κ2) is 8.12. The van der Waals surface area contributed by atoms with Crippen molar-refractivity contribution in [2.75, 3.05) is 7.05 Å². The van der Waals surface area contributed by atoms with Crippen molar-refractivity contribution in [1.29, 1.82) is 0 Å². The maximum Gasteiger partial charge on any atom is 0.251 e. The lowest BCUT2D eigenvalue weighted by molar-refractivity contribution is 0.0948. The Bertz CT molecular complexity index is 1010. The highest BCUT2D eigenvalue weighted by molar-refractivity contribution is 7.89. The van der Waals surface area contributed by atoms with Gasteiger partial charge in [-0.05, 0) is 55.2 Å². The fourth-order valence-electron chi connectivity index (χ4n) is 2.75. The zero-order chi connectivity index (χ0) is 20.3. The molecule has 0 spiro atoms. The Morgan fingerprint density at radius 2 is 1.82 bits per heavy atom. The molecular weight excluding hydrogens is 378 g/mol. The molecule has 148 valence electrons. The highest BCUT2D eigenvalue weighted by Crippen LogP contribution is 2.23. The summed E-state index contributed by atoms with van der Waals surface area (Å²) in [5.74, 6) is -0.573. The van der Waals surface area contributed by atoms with Gasteiger partial charge in [-0.15, -0.1) is 0 Å². The van der Waals surface area contributed by atoms with Gasteiger partial charge in [-0.1, -0.05) is 18.2 Å². The van der Waals surface area contributed by atoms with Gasteiger partial charge in [0.1, 0.15) is 0 Å². The summed E-state index contributed by atoms with van der Waals surface area (Å²) < 4.78 is 27.4. The van der Waals surface area contributed by atoms with Crippen LogP contribution in [-0.2, 0) is 16.6 Å². The van der Waals surface area contributed by atoms with Gasteiger partial charge < -0.3 is 10.6 Å². The fourth-order valence-corrected chi connectivity index (χ4v) is 4.08. The van der Waals surface area contributed by atoms with Gasteiger partial charge in [0.05, 0.1) is 4.90 Å². The van der Waals surface area contributed by atoms with Gasteiger partial charge in [0.25, 0.3) is 11.8 Å². The van der Waals surface area contributed by atoms with E-state index in [1.807, 2.05) is 0 Å². The summed E-state index contributed by atoms with van der Waals surface area (Å²) in [5.41, 5.74) is 2.26. The van der Waals surface area contributed by atoms with Gasteiger partial charge in [0, 0.05) is 30.8 Å². The first kappa shape index (κ1) is 20.0. The summed E-state index contributed by atoms with van der Waals surface area (Å²) in [6, 6.07) is 11.5. The Morgan fingerprint density at radius 3 is 2.50 bits per heavy atom. The lowest BCUT2D eigenvalue weighted by Gasteiger charge is -2.11. The van der Waals surface area contributed by atoms with E-state index < -0.39 is 10.0 Å². The van der Waals surface area contributed by atoms with Gasteiger partial charge in [0.2, 0.25) is 10.0 Å². The Kier molecular flexibility index (Phi) is 5.81. The third kappa shape index (κ3) is 4.76. The second-order valence-corrected chi connectivity index (χ2v) is 8.55. The summed E-state index contributed by atoms with van der Waals surface area (Å²) in [4.78, 5) is 24.4. The van der Waals surface area contributed by atoms with Crippen molar-refractivity contribution in [1.82, 2.24) is 15.4 Å². The molecule has 2 aromatic carbocycles. The highest BCUT2D eigenvalue weighted by atomic mass is 32.2. The van der Waals surface area contributed by atoms with Crippen molar-refractivity contribution in [3.63, 3.8) is 0 Å². The van der Waals surface area contributed by atoms with E-state index in [1.165, 1.54) is 12.1 Å². The third-order valence-electron chi connectivity index (χ3n) is 4.53. The van der Waals surface area contributed by atoms with Gasteiger partial charge in [-0.3, -0.25) is 9.59 Å². The first-order valence-electron chi connectivity index (χ1n) is 9.02. The maximum absolute atomic E-state index is 12.6. The number of hydrogen-bond donors (Lipinski definition) is 3. The largest absolute Gasteiger partial charge is 0.355 e. The lowest BCUT2D eigenvalue weighted by atomic mass is 10.1. The maximum atomic E-state index is 12.6. The standard InChI is InChI=1S/C20H23N3O4S/c1-13-6-9-17(28(26,27)23-16-7-8-16)11-18(13)20(25)22-12-14-4-3-5-15(10-14)19(24)21-2/h3-6,9-11,16,23H,7-8,12H2,1-2H3,(H,21,24)(H,22,25). The molecule has 2 amide bonds. The normalized spacial score (nSPS) is 13.8. The third-order valence-corrected chi connectivity index (χ3v) is 6.05. The van der Waals surface area contributed by atoms with Crippen molar-refractivity contribution in [3.05, 3.63) is 64.7 Å². The molecule has 3 rings (SSSR count). The van der Waals surface area contributed by atoms with Gasteiger partial charge in [-0.25, -0.2) is 13.1 Å². The number of benzene rings is 2. The SMILES string of the molecule is CNC(=O)c1cccc(CNC(=O)c2cc(S(=O)(=O)NC3CC3)ccc2C)c1. The smallest absolute Gasteiger partial charge is 0.251 e. The second-order valence-electron chi connectivity index (χ2n) is 6.83. The van der Waals surface area contributed by atoms with E-state index in [0.29, 0.717) is 16.7 Å². The topological polar surface area (TPSA) is 104 Å². The van der Waals surface area contributed by atoms with E-state index in [1.54, 1.807) is 44.3 Å². The number of sulfonamides is 1. The van der Waals surface area contributed by atoms with Gasteiger partial charge in [0.15, 0.2) is 0 Å². The van der Waals surface area contributed by atoms with Crippen molar-refractivity contribution >= 4 is 21.8 Å². The minimum atomic E-state index is -3.63. The average molecular weight is 401 g/mol. The van der Waals surface area contributed by atoms with E-state index >= 15 is 0 Å². The zero-order valence-corrected chi connectivity index (χ0v) is 16.6. The van der Waals surface area contributed by atoms with Crippen LogP contribution in [0.25, 0.3) is 0 Å². The van der Waals surface area contributed by atoms with Crippen LogP contribution in [0.4, 0.5) is 0 Å². The van der Waals surface area contributed by atoms with E-state index in [4.69, 9.17) is 0 Å². The number of aryl methyl sites for hydroxylation is 1. The van der Waals surface area contributed by atoms with Crippen LogP contribution in [0.2, 0.25) is 0 Å². The molecule has 0 aliphatic heterocycles. The summed E-state index contributed by atoms with van der Waals surface area (Å²) in [6.07, 6.45) is 1.68. The summed E-state index contributed by atoms with van der Waals surface area (Å²) in [7, 11) is -2.08. The predicted molar refractivity (Wildman–Crippen MR) is 106 cm³/mol. The molecule has 28 heavy (non-hydrogen) atoms. The molecule has 7 nitrogen and oxygen atoms in total. The van der Waals surface area contributed by atoms with Crippen LogP contribution < -0.4 is 15.4 Å². The molecule has 0 bridgehead atoms. The van der Waals surface area contributed by atoms with Crippen molar-refractivity contribution in [3.8, 4) is 0 Å². The summed E-state index contributed by atoms with van der Waals surface area (Å²) >= 11 is 0. The zero-order valence-electron chi connectivity index (χ0n) is 15.8. The Morgan fingerprint density at radius 1 is 1.07 bits per heavy atom. The summed E-state index contributed by atoms with van der Waals surface area (Å²) in [5, 5.41) is 5.34. The number of rotatable bonds is 7. The molecule has 0 atom stereocenters. The van der Waals surface area contributed by atoms with Crippen molar-refractivity contribution in [2.24, 2.45) is 0 Å². The molecule has 1 aliphatic rings. The number of carbonyl (C=O) groups is 2. The van der Waals surface area contributed by atoms with Gasteiger partial charge >= 0.3 is 0 Å². The van der Waals surface area contributed by atoms with Crippen LogP contribution in [-0.4, -0.2) is 33.3 Å². The minimum Gasteiger partial charge on any atom is -0.355 e. The number of hydrogen-bond acceptors (Lipinski definition) is 4. The van der Waals surface area contributed by atoms with Crippen molar-refractivity contribution in [2.45, 2.75) is 37.2 Å². The molecule has 1 aliphatic carbocycles. The molecule has 8 heteroatoms. The fraction of sp³-hybridized carbons (Fsp3) is 0.300. The van der Waals surface area contributed by atoms with E-state index in [-0.39, 0.29) is 29.3 Å². The van der Waals surface area contributed by atoms with Crippen LogP contribution >= 0.6 is 0 Å². The Hall–Kier alpha value is -2.71.